The molecule has 0 bridgehead atoms. The largest absolute Gasteiger partial charge is 0.445 e. The summed E-state index contributed by atoms with van der Waals surface area (Å²) in [6.07, 6.45) is 1.07. The molecule has 1 heterocycles. The van der Waals surface area contributed by atoms with Crippen molar-refractivity contribution < 1.29 is 33.7 Å². The molecule has 5 amide bonds. The number of guanidine groups is 1. The van der Waals surface area contributed by atoms with E-state index in [1.807, 2.05) is 45.9 Å². The standard InChI is InChI=1S/C33H53N9O8/c1-6-35-30(45)27-15-11-17-41(27)31(46)24(14-10-16-36-32(34)40-42(48)49)37-28(43)25(18-21(2)3)38-29(44)26(19-22(4)5)39-33(47)50-20-23-12-8-7-9-13-23/h7-9,12-13,21-22,24-27H,6,10-11,14-20H2,1-5H3,(H,35,45)(H,37,43)(H,38,44)(H,39,47)(H3,34,36,40)/t24-,25-,26+,27-/m0/s1. The first-order valence-electron chi connectivity index (χ1n) is 17.1. The lowest BCUT2D eigenvalue weighted by atomic mass is 9.99. The molecule has 7 N–H and O–H groups in total. The minimum absolute atomic E-state index is 0.00937. The van der Waals surface area contributed by atoms with Gasteiger partial charge in [-0.2, -0.15) is 0 Å². The van der Waals surface area contributed by atoms with Crippen molar-refractivity contribution in [3.63, 3.8) is 0 Å². The zero-order valence-electron chi connectivity index (χ0n) is 29.6. The third kappa shape index (κ3) is 14.7. The van der Waals surface area contributed by atoms with Gasteiger partial charge in [0.05, 0.1) is 0 Å². The van der Waals surface area contributed by atoms with Crippen molar-refractivity contribution in [2.24, 2.45) is 22.6 Å². The number of carbonyl (C=O) groups is 5. The Hall–Kier alpha value is -4.96. The summed E-state index contributed by atoms with van der Waals surface area (Å²) >= 11 is 0. The van der Waals surface area contributed by atoms with Gasteiger partial charge in [-0.05, 0) is 62.8 Å². The molecule has 1 aliphatic rings. The van der Waals surface area contributed by atoms with E-state index < -0.39 is 59.0 Å². The highest BCUT2D eigenvalue weighted by Crippen LogP contribution is 2.20. The van der Waals surface area contributed by atoms with E-state index in [9.17, 15) is 34.1 Å². The maximum absolute atomic E-state index is 13.9. The van der Waals surface area contributed by atoms with Crippen LogP contribution in [0.5, 0.6) is 0 Å². The van der Waals surface area contributed by atoms with E-state index in [-0.39, 0.29) is 56.6 Å². The zero-order chi connectivity index (χ0) is 37.2. The first kappa shape index (κ1) is 41.2. The van der Waals surface area contributed by atoms with Gasteiger partial charge in [0.1, 0.15) is 30.8 Å². The van der Waals surface area contributed by atoms with Crippen LogP contribution < -0.4 is 32.4 Å². The van der Waals surface area contributed by atoms with Crippen LogP contribution in [0.15, 0.2) is 35.3 Å². The Morgan fingerprint density at radius 1 is 0.980 bits per heavy atom. The summed E-state index contributed by atoms with van der Waals surface area (Å²) in [4.78, 5) is 82.7. The second-order valence-electron chi connectivity index (χ2n) is 13.0. The fraction of sp³-hybridized carbons (Fsp3) is 0.636. The van der Waals surface area contributed by atoms with Gasteiger partial charge >= 0.3 is 6.09 Å². The van der Waals surface area contributed by atoms with Gasteiger partial charge in [0.2, 0.25) is 23.6 Å². The number of rotatable bonds is 19. The van der Waals surface area contributed by atoms with Crippen molar-refractivity contribution in [1.29, 1.82) is 0 Å². The number of carbonyl (C=O) groups excluding carboxylic acids is 5. The highest BCUT2D eigenvalue weighted by atomic mass is 16.7. The molecule has 50 heavy (non-hydrogen) atoms. The third-order valence-electron chi connectivity index (χ3n) is 7.81. The Morgan fingerprint density at radius 3 is 2.16 bits per heavy atom. The number of nitrogens with one attached hydrogen (secondary N) is 5. The van der Waals surface area contributed by atoms with Gasteiger partial charge in [0.25, 0.3) is 5.96 Å². The van der Waals surface area contributed by atoms with Crippen LogP contribution >= 0.6 is 0 Å². The number of amides is 5. The van der Waals surface area contributed by atoms with Crippen LogP contribution in [0.25, 0.3) is 0 Å². The van der Waals surface area contributed by atoms with Gasteiger partial charge in [0.15, 0.2) is 5.03 Å². The van der Waals surface area contributed by atoms with Gasteiger partial charge in [-0.3, -0.25) is 19.2 Å². The van der Waals surface area contributed by atoms with Crippen molar-refractivity contribution in [3.8, 4) is 0 Å². The average molecular weight is 704 g/mol. The maximum atomic E-state index is 13.9. The van der Waals surface area contributed by atoms with Gasteiger partial charge in [-0.1, -0.05) is 63.5 Å². The number of nitro groups is 1. The summed E-state index contributed by atoms with van der Waals surface area (Å²) in [5, 5.41) is 20.7. The second kappa shape index (κ2) is 21.2. The molecule has 1 fully saturated rings. The molecule has 0 aromatic heterocycles. The van der Waals surface area contributed by atoms with Crippen LogP contribution in [0, 0.1) is 22.0 Å². The van der Waals surface area contributed by atoms with E-state index in [4.69, 9.17) is 10.5 Å². The smallest absolute Gasteiger partial charge is 0.408 e. The van der Waals surface area contributed by atoms with Crippen molar-refractivity contribution in [2.75, 3.05) is 19.6 Å². The summed E-state index contributed by atoms with van der Waals surface area (Å²) in [6.45, 7) is 10.1. The number of hydrogen-bond acceptors (Lipinski definition) is 9. The molecule has 1 saturated heterocycles. The summed E-state index contributed by atoms with van der Waals surface area (Å²) in [6, 6.07) is 5.22. The Labute approximate surface area is 293 Å². The van der Waals surface area contributed by atoms with Gasteiger partial charge < -0.3 is 36.6 Å². The van der Waals surface area contributed by atoms with Crippen LogP contribution in [-0.2, 0) is 30.5 Å². The summed E-state index contributed by atoms with van der Waals surface area (Å²) in [5.41, 5.74) is 8.03. The highest BCUT2D eigenvalue weighted by Gasteiger charge is 2.38. The monoisotopic (exact) mass is 703 g/mol. The summed E-state index contributed by atoms with van der Waals surface area (Å²) < 4.78 is 5.32. The van der Waals surface area contributed by atoms with Crippen LogP contribution in [-0.4, -0.2) is 89.4 Å². The lowest BCUT2D eigenvalue weighted by Gasteiger charge is -2.30. The number of nitrogens with two attached hydrogens (primary N) is 1. The number of likely N-dealkylation sites (N-methyl/N-ethyl adjacent to an activating group) is 1. The van der Waals surface area contributed by atoms with Crippen molar-refractivity contribution >= 4 is 35.7 Å². The zero-order valence-corrected chi connectivity index (χ0v) is 29.6. The van der Waals surface area contributed by atoms with E-state index in [1.54, 1.807) is 24.5 Å². The summed E-state index contributed by atoms with van der Waals surface area (Å²) in [7, 11) is 0. The quantitative estimate of drug-likeness (QED) is 0.0397. The van der Waals surface area contributed by atoms with Crippen molar-refractivity contribution in [1.82, 2.24) is 31.6 Å². The minimum Gasteiger partial charge on any atom is -0.445 e. The average Bonchev–Trinajstić information content (AvgIpc) is 3.54. The molecule has 17 heteroatoms. The van der Waals surface area contributed by atoms with Crippen LogP contribution in [0.3, 0.4) is 0 Å². The third-order valence-corrected chi connectivity index (χ3v) is 7.81. The number of nitrogens with zero attached hydrogens (tertiary/aromatic N) is 3. The molecule has 278 valence electrons. The molecule has 1 aromatic rings. The first-order valence-corrected chi connectivity index (χ1v) is 17.1. The number of hydrogen-bond donors (Lipinski definition) is 6. The molecule has 0 saturated carbocycles. The molecule has 0 radical (unpaired) electrons. The number of likely N-dealkylation sites (tertiary alicyclic amines) is 1. The first-order chi connectivity index (χ1) is 23.7. The minimum atomic E-state index is -1.10. The Balaban J connectivity index is 2.23. The number of alkyl carbamates (subject to hydrolysis) is 1. The van der Waals surface area contributed by atoms with E-state index in [2.05, 4.69) is 26.3 Å². The Kier molecular flexibility index (Phi) is 17.5. The fourth-order valence-corrected chi connectivity index (χ4v) is 5.53. The molecule has 1 aromatic carbocycles. The van der Waals surface area contributed by atoms with Crippen LogP contribution in [0.1, 0.15) is 78.7 Å². The lowest BCUT2D eigenvalue weighted by molar-refractivity contribution is -0.525. The second-order valence-corrected chi connectivity index (χ2v) is 13.0. The van der Waals surface area contributed by atoms with E-state index in [0.717, 1.165) is 5.56 Å². The summed E-state index contributed by atoms with van der Waals surface area (Å²) in [5.74, 6) is -2.41. The lowest BCUT2D eigenvalue weighted by Crippen LogP contribution is -2.58. The predicted octanol–water partition coefficient (Wildman–Crippen LogP) is 1.35. The van der Waals surface area contributed by atoms with Crippen molar-refractivity contribution in [2.45, 2.75) is 104 Å². The highest BCUT2D eigenvalue weighted by molar-refractivity contribution is 5.95. The molecule has 0 aliphatic carbocycles. The molecule has 0 spiro atoms. The van der Waals surface area contributed by atoms with E-state index in [1.165, 1.54) is 4.90 Å². The Bertz CT molecular complexity index is 1330. The van der Waals surface area contributed by atoms with Crippen LogP contribution in [0.2, 0.25) is 0 Å². The topological polar surface area (TPSA) is 239 Å². The van der Waals surface area contributed by atoms with Crippen molar-refractivity contribution in [3.05, 3.63) is 46.0 Å². The number of aliphatic imine (C=N–C) groups is 1. The maximum Gasteiger partial charge on any atom is 0.408 e. The van der Waals surface area contributed by atoms with E-state index in [0.29, 0.717) is 25.9 Å². The van der Waals surface area contributed by atoms with Crippen LogP contribution in [0.4, 0.5) is 4.79 Å². The van der Waals surface area contributed by atoms with E-state index >= 15 is 0 Å². The Morgan fingerprint density at radius 2 is 1.58 bits per heavy atom. The van der Waals surface area contributed by atoms with Gasteiger partial charge in [-0.25, -0.2) is 19.9 Å². The molecule has 2 rings (SSSR count). The van der Waals surface area contributed by atoms with Gasteiger partial charge in [-0.15, -0.1) is 0 Å². The molecule has 4 atom stereocenters. The molecule has 0 unspecified atom stereocenters. The SMILES string of the molecule is CCNC(=O)[C@@H]1CCCN1C(=O)[C@H](CCCN=C(N)N[N+](=O)[O-])NC(=O)[C@H](CC(C)C)NC(=O)[C@@H](CC(C)C)NC(=O)OCc1ccccc1. The normalized spacial score (nSPS) is 16.3. The van der Waals surface area contributed by atoms with Gasteiger partial charge in [0, 0.05) is 19.6 Å². The molecular formula is C33H53N9O8. The predicted molar refractivity (Wildman–Crippen MR) is 186 cm³/mol. The molecular weight excluding hydrogens is 650 g/mol. The number of benzene rings is 1. The fourth-order valence-electron chi connectivity index (χ4n) is 5.53. The molecule has 1 aliphatic heterocycles. The number of hydrazine groups is 1. The molecule has 17 nitrogen and oxygen atoms in total. The number of ether oxygens (including phenoxy) is 1.